The fourth-order valence-electron chi connectivity index (χ4n) is 4.79. The SMILES string of the molecule is CCC(C(=O)O)c1ccc(Sc2ccc(N(CCCc3ccccc3)CCCc3ccccc3)cc2)cc1. The number of hydrogen-bond acceptors (Lipinski definition) is 3. The van der Waals surface area contributed by atoms with E-state index in [9.17, 15) is 9.90 Å². The van der Waals surface area contributed by atoms with Crippen molar-refractivity contribution in [2.75, 3.05) is 18.0 Å². The number of aryl methyl sites for hydroxylation is 2. The quantitative estimate of drug-likeness (QED) is 0.180. The average Bonchev–Trinajstić information content (AvgIpc) is 2.95. The van der Waals surface area contributed by atoms with Gasteiger partial charge in [0.1, 0.15) is 0 Å². The molecule has 0 fully saturated rings. The average molecular weight is 524 g/mol. The van der Waals surface area contributed by atoms with Crippen LogP contribution in [0.5, 0.6) is 0 Å². The highest BCUT2D eigenvalue weighted by Gasteiger charge is 2.17. The summed E-state index contributed by atoms with van der Waals surface area (Å²) < 4.78 is 0. The van der Waals surface area contributed by atoms with E-state index in [2.05, 4.69) is 89.8 Å². The molecule has 1 atom stereocenters. The number of nitrogens with zero attached hydrogens (tertiary/aromatic N) is 1. The van der Waals surface area contributed by atoms with Gasteiger partial charge in [-0.05, 0) is 85.2 Å². The summed E-state index contributed by atoms with van der Waals surface area (Å²) in [5, 5.41) is 9.42. The van der Waals surface area contributed by atoms with Gasteiger partial charge in [0.2, 0.25) is 0 Å². The van der Waals surface area contributed by atoms with Crippen molar-refractivity contribution < 1.29 is 9.90 Å². The van der Waals surface area contributed by atoms with Gasteiger partial charge in [0.25, 0.3) is 0 Å². The molecule has 4 aromatic rings. The van der Waals surface area contributed by atoms with Gasteiger partial charge in [-0.2, -0.15) is 0 Å². The standard InChI is InChI=1S/C34H37NO2S/c1-2-33(34(36)37)29-17-21-31(22-18-29)38-32-23-19-30(20-24-32)35(25-9-15-27-11-5-3-6-12-27)26-10-16-28-13-7-4-8-14-28/h3-8,11-14,17-24,33H,2,9-10,15-16,25-26H2,1H3,(H,36,37). The molecule has 0 aliphatic rings. The summed E-state index contributed by atoms with van der Waals surface area (Å²) >= 11 is 1.71. The first-order chi connectivity index (χ1) is 18.6. The van der Waals surface area contributed by atoms with E-state index in [0.29, 0.717) is 6.42 Å². The van der Waals surface area contributed by atoms with Crippen LogP contribution in [0.15, 0.2) is 119 Å². The van der Waals surface area contributed by atoms with Crippen molar-refractivity contribution in [1.82, 2.24) is 0 Å². The van der Waals surface area contributed by atoms with Gasteiger partial charge in [0.15, 0.2) is 0 Å². The molecule has 0 radical (unpaired) electrons. The third-order valence-corrected chi connectivity index (χ3v) is 7.91. The number of rotatable bonds is 14. The molecule has 4 aromatic carbocycles. The Hall–Kier alpha value is -3.50. The van der Waals surface area contributed by atoms with Gasteiger partial charge in [-0.25, -0.2) is 0 Å². The molecule has 3 nitrogen and oxygen atoms in total. The molecule has 38 heavy (non-hydrogen) atoms. The normalized spacial score (nSPS) is 11.7. The first-order valence-electron chi connectivity index (χ1n) is 13.6. The highest BCUT2D eigenvalue weighted by molar-refractivity contribution is 7.99. The molecule has 4 heteroatoms. The van der Waals surface area contributed by atoms with E-state index in [1.165, 1.54) is 21.7 Å². The summed E-state index contributed by atoms with van der Waals surface area (Å²) in [6, 6.07) is 38.3. The molecule has 0 aromatic heterocycles. The highest BCUT2D eigenvalue weighted by Crippen LogP contribution is 2.31. The van der Waals surface area contributed by atoms with E-state index in [1.807, 2.05) is 31.2 Å². The summed E-state index contributed by atoms with van der Waals surface area (Å²) in [4.78, 5) is 16.3. The summed E-state index contributed by atoms with van der Waals surface area (Å²) in [7, 11) is 0. The van der Waals surface area contributed by atoms with Crippen LogP contribution in [0.4, 0.5) is 5.69 Å². The summed E-state index contributed by atoms with van der Waals surface area (Å²) in [6.07, 6.45) is 5.00. The number of carboxylic acid groups (broad SMARTS) is 1. The van der Waals surface area contributed by atoms with Crippen LogP contribution in [0.25, 0.3) is 0 Å². The Labute approximate surface area is 231 Å². The summed E-state index contributed by atoms with van der Waals surface area (Å²) in [5.74, 6) is -1.20. The Morgan fingerprint density at radius 1 is 0.711 bits per heavy atom. The Morgan fingerprint density at radius 2 is 1.18 bits per heavy atom. The number of anilines is 1. The molecule has 0 aliphatic heterocycles. The van der Waals surface area contributed by atoms with Crippen LogP contribution in [-0.2, 0) is 17.6 Å². The van der Waals surface area contributed by atoms with Gasteiger partial charge in [-0.1, -0.05) is 91.5 Å². The van der Waals surface area contributed by atoms with Crippen molar-refractivity contribution in [3.8, 4) is 0 Å². The zero-order valence-electron chi connectivity index (χ0n) is 22.1. The van der Waals surface area contributed by atoms with Crippen molar-refractivity contribution in [3.63, 3.8) is 0 Å². The van der Waals surface area contributed by atoms with Crippen LogP contribution in [0.2, 0.25) is 0 Å². The Bertz CT molecular complexity index is 1200. The highest BCUT2D eigenvalue weighted by atomic mass is 32.2. The van der Waals surface area contributed by atoms with Crippen LogP contribution in [0.3, 0.4) is 0 Å². The fourth-order valence-corrected chi connectivity index (χ4v) is 5.61. The van der Waals surface area contributed by atoms with Crippen LogP contribution in [-0.4, -0.2) is 24.2 Å². The maximum absolute atomic E-state index is 11.5. The topological polar surface area (TPSA) is 40.5 Å². The number of aliphatic carboxylic acids is 1. The molecule has 196 valence electrons. The monoisotopic (exact) mass is 523 g/mol. The molecular weight excluding hydrogens is 486 g/mol. The molecule has 0 bridgehead atoms. The zero-order chi connectivity index (χ0) is 26.6. The van der Waals surface area contributed by atoms with Crippen molar-refractivity contribution >= 4 is 23.4 Å². The Kier molecular flexibility index (Phi) is 10.5. The first kappa shape index (κ1) is 27.5. The molecule has 0 saturated carbocycles. The minimum absolute atomic E-state index is 0.442. The van der Waals surface area contributed by atoms with Crippen LogP contribution < -0.4 is 4.90 Å². The minimum Gasteiger partial charge on any atom is -0.481 e. The third kappa shape index (κ3) is 8.26. The zero-order valence-corrected chi connectivity index (χ0v) is 22.9. The third-order valence-electron chi connectivity index (χ3n) is 6.90. The van der Waals surface area contributed by atoms with Crippen molar-refractivity contribution in [2.24, 2.45) is 0 Å². The molecule has 0 amide bonds. The van der Waals surface area contributed by atoms with Crippen LogP contribution >= 0.6 is 11.8 Å². The number of hydrogen-bond donors (Lipinski definition) is 1. The lowest BCUT2D eigenvalue weighted by Crippen LogP contribution is -2.26. The Balaban J connectivity index is 1.38. The van der Waals surface area contributed by atoms with Gasteiger partial charge in [0, 0.05) is 28.6 Å². The molecule has 0 aliphatic carbocycles. The van der Waals surface area contributed by atoms with Gasteiger partial charge < -0.3 is 10.0 Å². The first-order valence-corrected chi connectivity index (χ1v) is 14.4. The largest absolute Gasteiger partial charge is 0.481 e. The van der Waals surface area contributed by atoms with E-state index in [-0.39, 0.29) is 0 Å². The van der Waals surface area contributed by atoms with E-state index in [4.69, 9.17) is 0 Å². The second-order valence-corrected chi connectivity index (χ2v) is 10.8. The second-order valence-electron chi connectivity index (χ2n) is 9.63. The van der Waals surface area contributed by atoms with Gasteiger partial charge in [0.05, 0.1) is 5.92 Å². The lowest BCUT2D eigenvalue weighted by atomic mass is 9.97. The maximum atomic E-state index is 11.5. The van der Waals surface area contributed by atoms with Crippen LogP contribution in [0.1, 0.15) is 48.8 Å². The van der Waals surface area contributed by atoms with Crippen LogP contribution in [0, 0.1) is 0 Å². The van der Waals surface area contributed by atoms with Gasteiger partial charge in [-0.15, -0.1) is 0 Å². The van der Waals surface area contributed by atoms with Crippen molar-refractivity contribution in [2.45, 2.75) is 54.7 Å². The van der Waals surface area contributed by atoms with Gasteiger partial charge >= 0.3 is 5.97 Å². The predicted octanol–water partition coefficient (Wildman–Crippen LogP) is 8.49. The van der Waals surface area contributed by atoms with E-state index in [1.54, 1.807) is 11.8 Å². The van der Waals surface area contributed by atoms with E-state index in [0.717, 1.165) is 49.2 Å². The molecular formula is C34H37NO2S. The minimum atomic E-state index is -0.763. The summed E-state index contributed by atoms with van der Waals surface area (Å²) in [5.41, 5.74) is 4.91. The maximum Gasteiger partial charge on any atom is 0.310 e. The number of benzene rings is 4. The number of carbonyl (C=O) groups is 1. The lowest BCUT2D eigenvalue weighted by Gasteiger charge is -2.25. The fraction of sp³-hybridized carbons (Fsp3) is 0.265. The molecule has 1 unspecified atom stereocenters. The lowest BCUT2D eigenvalue weighted by molar-refractivity contribution is -0.138. The number of carboxylic acids is 1. The van der Waals surface area contributed by atoms with Crippen molar-refractivity contribution in [1.29, 1.82) is 0 Å². The van der Waals surface area contributed by atoms with E-state index >= 15 is 0 Å². The van der Waals surface area contributed by atoms with E-state index < -0.39 is 11.9 Å². The molecule has 0 spiro atoms. The van der Waals surface area contributed by atoms with Gasteiger partial charge in [-0.3, -0.25) is 4.79 Å². The molecule has 4 rings (SSSR count). The molecule has 1 N–H and O–H groups in total. The molecule has 0 heterocycles. The molecule has 0 saturated heterocycles. The Morgan fingerprint density at radius 3 is 1.63 bits per heavy atom. The summed E-state index contributed by atoms with van der Waals surface area (Å²) in [6.45, 7) is 3.97. The van der Waals surface area contributed by atoms with Crippen molar-refractivity contribution in [3.05, 3.63) is 126 Å². The predicted molar refractivity (Wildman–Crippen MR) is 159 cm³/mol. The second kappa shape index (κ2) is 14.4. The smallest absolute Gasteiger partial charge is 0.310 e.